The molecular weight excluding hydrogens is 557 g/mol. The Morgan fingerprint density at radius 3 is 2.51 bits per heavy atom. The third kappa shape index (κ3) is 6.06. The van der Waals surface area contributed by atoms with E-state index >= 15 is 0 Å². The molecule has 2 aromatic carbocycles. The van der Waals surface area contributed by atoms with E-state index in [2.05, 4.69) is 15.9 Å². The summed E-state index contributed by atoms with van der Waals surface area (Å²) in [5.74, 6) is 1.17. The average Bonchev–Trinajstić information content (AvgIpc) is 2.97. The van der Waals surface area contributed by atoms with Crippen LogP contribution in [0.1, 0.15) is 46.1 Å². The second-order valence-electron chi connectivity index (χ2n) is 9.69. The number of benzene rings is 2. The average molecular weight is 589 g/mol. The standard InChI is InChI=1S/C28H31Cl2N5O3S/c1-38-21-6-3-18(4-7-21)16-31-28-32-25-17-33(26(36)19-5-8-23(29)24(30)15-19)12-11-22(25)27(37)35(28)20-9-13-34(39-2)14-10-20/h3-8,15,20H,9-14,16-17H2,1-2H3,(H,31,32). The molecule has 11 heteroatoms. The molecule has 0 spiro atoms. The Labute approximate surface area is 242 Å². The number of methoxy groups -OCH3 is 1. The highest BCUT2D eigenvalue weighted by atomic mass is 35.5. The summed E-state index contributed by atoms with van der Waals surface area (Å²) in [6.45, 7) is 3.03. The van der Waals surface area contributed by atoms with Crippen molar-refractivity contribution < 1.29 is 9.53 Å². The molecule has 206 valence electrons. The smallest absolute Gasteiger partial charge is 0.258 e. The predicted molar refractivity (Wildman–Crippen MR) is 157 cm³/mol. The number of halogens is 2. The van der Waals surface area contributed by atoms with Crippen molar-refractivity contribution in [3.05, 3.63) is 85.2 Å². The maximum absolute atomic E-state index is 13.9. The Morgan fingerprint density at radius 2 is 1.85 bits per heavy atom. The Hall–Kier alpha value is -2.72. The van der Waals surface area contributed by atoms with Gasteiger partial charge in [-0.15, -0.1) is 0 Å². The number of carbonyl (C=O) groups is 1. The third-order valence-electron chi connectivity index (χ3n) is 7.38. The van der Waals surface area contributed by atoms with Gasteiger partial charge in [0.15, 0.2) is 0 Å². The van der Waals surface area contributed by atoms with E-state index in [-0.39, 0.29) is 24.1 Å². The number of fused-ring (bicyclic) bond motifs is 1. The fourth-order valence-corrected chi connectivity index (χ4v) is 6.03. The summed E-state index contributed by atoms with van der Waals surface area (Å²) >= 11 is 13.9. The minimum Gasteiger partial charge on any atom is -0.497 e. The van der Waals surface area contributed by atoms with Crippen molar-refractivity contribution in [1.29, 1.82) is 0 Å². The van der Waals surface area contributed by atoms with Crippen molar-refractivity contribution in [3.63, 3.8) is 0 Å². The van der Waals surface area contributed by atoms with Crippen molar-refractivity contribution in [1.82, 2.24) is 18.8 Å². The van der Waals surface area contributed by atoms with E-state index < -0.39 is 0 Å². The molecule has 1 aromatic heterocycles. The van der Waals surface area contributed by atoms with Gasteiger partial charge < -0.3 is 15.0 Å². The van der Waals surface area contributed by atoms with Crippen molar-refractivity contribution >= 4 is 47.0 Å². The number of aromatic nitrogens is 2. The van der Waals surface area contributed by atoms with Gasteiger partial charge in [0.05, 0.1) is 29.4 Å². The quantitative estimate of drug-likeness (QED) is 0.376. The third-order valence-corrected chi connectivity index (χ3v) is 9.00. The molecule has 1 amide bonds. The predicted octanol–water partition coefficient (Wildman–Crippen LogP) is 5.28. The lowest BCUT2D eigenvalue weighted by molar-refractivity contribution is 0.0731. The topological polar surface area (TPSA) is 79.7 Å². The maximum Gasteiger partial charge on any atom is 0.258 e. The van der Waals surface area contributed by atoms with Crippen LogP contribution in [0.3, 0.4) is 0 Å². The van der Waals surface area contributed by atoms with E-state index in [1.165, 1.54) is 0 Å². The molecule has 0 bridgehead atoms. The van der Waals surface area contributed by atoms with Gasteiger partial charge in [-0.05, 0) is 61.4 Å². The number of rotatable bonds is 7. The van der Waals surface area contributed by atoms with Crippen molar-refractivity contribution in [2.45, 2.75) is 38.4 Å². The van der Waals surface area contributed by atoms with Crippen molar-refractivity contribution in [3.8, 4) is 5.75 Å². The largest absolute Gasteiger partial charge is 0.497 e. The molecule has 0 saturated carbocycles. The molecular formula is C28H31Cl2N5O3S. The van der Waals surface area contributed by atoms with Gasteiger partial charge in [-0.2, -0.15) is 0 Å². The number of nitrogens with one attached hydrogen (secondary N) is 1. The first-order chi connectivity index (χ1) is 18.9. The maximum atomic E-state index is 13.9. The zero-order valence-electron chi connectivity index (χ0n) is 22.0. The van der Waals surface area contributed by atoms with Crippen molar-refractivity contribution in [2.24, 2.45) is 0 Å². The Balaban J connectivity index is 1.44. The second-order valence-corrected chi connectivity index (χ2v) is 11.4. The fourth-order valence-electron chi connectivity index (χ4n) is 5.16. The van der Waals surface area contributed by atoms with Gasteiger partial charge in [0.2, 0.25) is 5.95 Å². The van der Waals surface area contributed by atoms with Gasteiger partial charge in [0, 0.05) is 43.3 Å². The zero-order chi connectivity index (χ0) is 27.5. The van der Waals surface area contributed by atoms with Crippen LogP contribution in [0.2, 0.25) is 10.0 Å². The molecule has 5 rings (SSSR count). The lowest BCUT2D eigenvalue weighted by atomic mass is 10.0. The van der Waals surface area contributed by atoms with E-state index in [9.17, 15) is 9.59 Å². The number of piperidine rings is 1. The minimum absolute atomic E-state index is 0.0125. The molecule has 39 heavy (non-hydrogen) atoms. The summed E-state index contributed by atoms with van der Waals surface area (Å²) < 4.78 is 9.45. The lowest BCUT2D eigenvalue weighted by Crippen LogP contribution is -2.43. The van der Waals surface area contributed by atoms with Crippen LogP contribution in [0.4, 0.5) is 5.95 Å². The summed E-state index contributed by atoms with van der Waals surface area (Å²) in [6, 6.07) is 12.7. The summed E-state index contributed by atoms with van der Waals surface area (Å²) in [4.78, 5) is 33.9. The first kappa shape index (κ1) is 27.8. The van der Waals surface area contributed by atoms with Crippen LogP contribution in [0.25, 0.3) is 0 Å². The molecule has 0 atom stereocenters. The highest BCUT2D eigenvalue weighted by molar-refractivity contribution is 7.96. The molecule has 8 nitrogen and oxygen atoms in total. The SMILES string of the molecule is COc1ccc(CNc2nc3c(c(=O)n2C2CCN(SC)CC2)CCN(C(=O)c2ccc(Cl)c(Cl)c2)C3)cc1. The first-order valence-corrected chi connectivity index (χ1v) is 14.9. The normalized spacial score (nSPS) is 16.2. The van der Waals surface area contributed by atoms with Crippen LogP contribution < -0.4 is 15.6 Å². The number of hydrogen-bond donors (Lipinski definition) is 1. The molecule has 0 aliphatic carbocycles. The summed E-state index contributed by atoms with van der Waals surface area (Å²) in [6.07, 6.45) is 4.29. The molecule has 3 heterocycles. The minimum atomic E-state index is -0.164. The Kier molecular flexibility index (Phi) is 8.71. The fraction of sp³-hybridized carbons (Fsp3) is 0.393. The number of hydrogen-bond acceptors (Lipinski definition) is 7. The number of amides is 1. The number of nitrogens with zero attached hydrogens (tertiary/aromatic N) is 4. The van der Waals surface area contributed by atoms with E-state index in [1.54, 1.807) is 42.2 Å². The van der Waals surface area contributed by atoms with E-state index in [4.69, 9.17) is 32.9 Å². The van der Waals surface area contributed by atoms with Crippen molar-refractivity contribution in [2.75, 3.05) is 38.3 Å². The molecule has 3 aromatic rings. The monoisotopic (exact) mass is 587 g/mol. The van der Waals surface area contributed by atoms with E-state index in [0.29, 0.717) is 52.3 Å². The van der Waals surface area contributed by atoms with Gasteiger partial charge in [0.1, 0.15) is 5.75 Å². The summed E-state index contributed by atoms with van der Waals surface area (Å²) in [7, 11) is 1.64. The van der Waals surface area contributed by atoms with Gasteiger partial charge in [-0.25, -0.2) is 4.98 Å². The van der Waals surface area contributed by atoms with Crippen LogP contribution in [0, 0.1) is 0 Å². The highest BCUT2D eigenvalue weighted by Gasteiger charge is 2.30. The zero-order valence-corrected chi connectivity index (χ0v) is 24.3. The van der Waals surface area contributed by atoms with E-state index in [0.717, 1.165) is 37.2 Å². The van der Waals surface area contributed by atoms with Gasteiger partial charge in [0.25, 0.3) is 11.5 Å². The lowest BCUT2D eigenvalue weighted by Gasteiger charge is -2.34. The second kappa shape index (κ2) is 12.2. The van der Waals surface area contributed by atoms with Gasteiger partial charge in [-0.1, -0.05) is 47.3 Å². The number of anilines is 1. The van der Waals surface area contributed by atoms with Crippen LogP contribution in [0.15, 0.2) is 47.3 Å². The summed E-state index contributed by atoms with van der Waals surface area (Å²) in [5, 5.41) is 4.16. The van der Waals surface area contributed by atoms with E-state index in [1.807, 2.05) is 28.8 Å². The van der Waals surface area contributed by atoms with Crippen LogP contribution >= 0.6 is 35.1 Å². The molecule has 1 saturated heterocycles. The van der Waals surface area contributed by atoms with Crippen LogP contribution in [0.5, 0.6) is 5.75 Å². The van der Waals surface area contributed by atoms with Gasteiger partial charge >= 0.3 is 0 Å². The molecule has 1 fully saturated rings. The molecule has 0 radical (unpaired) electrons. The molecule has 2 aliphatic rings. The summed E-state index contributed by atoms with van der Waals surface area (Å²) in [5.41, 5.74) is 2.81. The van der Waals surface area contributed by atoms with Crippen LogP contribution in [-0.4, -0.2) is 57.7 Å². The Morgan fingerprint density at radius 1 is 1.10 bits per heavy atom. The molecule has 1 N–H and O–H groups in total. The molecule has 2 aliphatic heterocycles. The number of carbonyl (C=O) groups excluding carboxylic acids is 1. The highest BCUT2D eigenvalue weighted by Crippen LogP contribution is 2.29. The van der Waals surface area contributed by atoms with Crippen LogP contribution in [-0.2, 0) is 19.5 Å². The Bertz CT molecular complexity index is 1410. The first-order valence-electron chi connectivity index (χ1n) is 12.9. The molecule has 0 unspecified atom stereocenters. The number of ether oxygens (including phenoxy) is 1. The van der Waals surface area contributed by atoms with Gasteiger partial charge in [-0.3, -0.25) is 18.5 Å².